The van der Waals surface area contributed by atoms with E-state index in [1.54, 1.807) is 12.1 Å². The predicted molar refractivity (Wildman–Crippen MR) is 127 cm³/mol. The Morgan fingerprint density at radius 1 is 0.844 bits per heavy atom. The van der Waals surface area contributed by atoms with Crippen LogP contribution in [0.5, 0.6) is 0 Å². The molecule has 32 heavy (non-hydrogen) atoms. The summed E-state index contributed by atoms with van der Waals surface area (Å²) in [5.41, 5.74) is -0.873. The van der Waals surface area contributed by atoms with Crippen molar-refractivity contribution in [1.29, 1.82) is 0 Å². The van der Waals surface area contributed by atoms with Crippen LogP contribution in [0.25, 0.3) is 0 Å². The molecule has 2 heterocycles. The topological polar surface area (TPSA) is 63.2 Å². The van der Waals surface area contributed by atoms with Gasteiger partial charge in [0, 0.05) is 11.6 Å². The molecule has 6 nitrogen and oxygen atoms in total. The van der Waals surface area contributed by atoms with E-state index in [0.29, 0.717) is 5.56 Å². The minimum atomic E-state index is -0.571. The first-order valence-electron chi connectivity index (χ1n) is 11.2. The lowest BCUT2D eigenvalue weighted by molar-refractivity contribution is 0.00578. The van der Waals surface area contributed by atoms with Crippen LogP contribution in [-0.4, -0.2) is 49.7 Å². The molecule has 0 aliphatic carbocycles. The van der Waals surface area contributed by atoms with Crippen molar-refractivity contribution in [1.82, 2.24) is 0 Å². The van der Waals surface area contributed by atoms with Gasteiger partial charge in [0.25, 0.3) is 0 Å². The van der Waals surface area contributed by atoms with E-state index in [4.69, 9.17) is 23.4 Å². The lowest BCUT2D eigenvalue weighted by Gasteiger charge is -2.32. The molecule has 2 aliphatic rings. The first-order valence-corrected chi connectivity index (χ1v) is 11.2. The van der Waals surface area contributed by atoms with Crippen molar-refractivity contribution in [3.63, 3.8) is 0 Å². The van der Waals surface area contributed by atoms with E-state index >= 15 is 0 Å². The number of allylic oxidation sites excluding steroid dienone is 1. The van der Waals surface area contributed by atoms with Crippen molar-refractivity contribution in [2.45, 2.75) is 89.4 Å². The van der Waals surface area contributed by atoms with Gasteiger partial charge in [-0.05, 0) is 73.1 Å². The van der Waals surface area contributed by atoms with Gasteiger partial charge in [-0.2, -0.15) is 0 Å². The van der Waals surface area contributed by atoms with Crippen LogP contribution < -0.4 is 0 Å². The monoisotopic (exact) mass is 442 g/mol. The third kappa shape index (κ3) is 4.30. The number of hydrogen-bond acceptors (Lipinski definition) is 6. The number of ether oxygens (including phenoxy) is 1. The van der Waals surface area contributed by atoms with E-state index in [0.717, 1.165) is 5.56 Å². The second-order valence-corrected chi connectivity index (χ2v) is 10.7. The number of carbonyl (C=O) groups is 1. The van der Waals surface area contributed by atoms with Gasteiger partial charge in [-0.1, -0.05) is 18.2 Å². The van der Waals surface area contributed by atoms with Crippen LogP contribution in [0, 0.1) is 0 Å². The van der Waals surface area contributed by atoms with Gasteiger partial charge in [0.15, 0.2) is 0 Å². The van der Waals surface area contributed by atoms with Crippen LogP contribution in [0.4, 0.5) is 0 Å². The zero-order valence-corrected chi connectivity index (χ0v) is 20.9. The summed E-state index contributed by atoms with van der Waals surface area (Å²) in [6.45, 7) is 20.3. The fourth-order valence-corrected chi connectivity index (χ4v) is 4.03. The van der Waals surface area contributed by atoms with Crippen molar-refractivity contribution in [3.05, 3.63) is 48.0 Å². The van der Waals surface area contributed by atoms with E-state index < -0.39 is 36.6 Å². The summed E-state index contributed by atoms with van der Waals surface area (Å²) in [6, 6.07) is 7.32. The molecule has 1 aromatic carbocycles. The number of rotatable bonds is 6. The van der Waals surface area contributed by atoms with E-state index in [2.05, 4.69) is 6.58 Å². The standard InChI is InChI=1S/C24H36B2O6/c1-11-18(16-12-14-17(15-13-16)20(27)28-10)19(25-29-21(2,3)22(4,5)30-25)26-31-23(6,7)24(8,9)32-26/h11-15,18-19H,1H2,2-10H3/t18-/m1/s1. The van der Waals surface area contributed by atoms with E-state index in [9.17, 15) is 4.79 Å². The van der Waals surface area contributed by atoms with Crippen molar-refractivity contribution < 1.29 is 28.1 Å². The Morgan fingerprint density at radius 3 is 1.53 bits per heavy atom. The average molecular weight is 442 g/mol. The Kier molecular flexibility index (Phi) is 6.50. The lowest BCUT2D eigenvalue weighted by Crippen LogP contribution is -2.41. The number of hydrogen-bond donors (Lipinski definition) is 0. The highest BCUT2D eigenvalue weighted by Crippen LogP contribution is 2.49. The van der Waals surface area contributed by atoms with E-state index in [-0.39, 0.29) is 17.6 Å². The normalized spacial score (nSPS) is 23.9. The maximum Gasteiger partial charge on any atom is 0.459 e. The van der Waals surface area contributed by atoms with Gasteiger partial charge in [-0.15, -0.1) is 6.58 Å². The van der Waals surface area contributed by atoms with Crippen LogP contribution >= 0.6 is 0 Å². The molecule has 0 amide bonds. The quantitative estimate of drug-likeness (QED) is 0.357. The summed E-state index contributed by atoms with van der Waals surface area (Å²) >= 11 is 0. The minimum Gasteiger partial charge on any atom is -0.465 e. The van der Waals surface area contributed by atoms with Crippen LogP contribution in [0.2, 0.25) is 5.72 Å². The van der Waals surface area contributed by atoms with Crippen LogP contribution in [-0.2, 0) is 23.4 Å². The fourth-order valence-electron chi connectivity index (χ4n) is 4.03. The zero-order chi connectivity index (χ0) is 24.1. The maximum atomic E-state index is 11.9. The van der Waals surface area contributed by atoms with Gasteiger partial charge in [-0.3, -0.25) is 0 Å². The Morgan fingerprint density at radius 2 is 1.22 bits per heavy atom. The van der Waals surface area contributed by atoms with Gasteiger partial charge in [-0.25, -0.2) is 4.79 Å². The fraction of sp³-hybridized carbons (Fsp3) is 0.625. The Balaban J connectivity index is 2.02. The first kappa shape index (κ1) is 25.0. The molecular weight excluding hydrogens is 406 g/mol. The highest BCUT2D eigenvalue weighted by Gasteiger charge is 2.63. The van der Waals surface area contributed by atoms with E-state index in [1.165, 1.54) is 7.11 Å². The van der Waals surface area contributed by atoms with Crippen LogP contribution in [0.15, 0.2) is 36.9 Å². The summed E-state index contributed by atoms with van der Waals surface area (Å²) in [4.78, 5) is 11.9. The number of carbonyl (C=O) groups excluding carboxylic acids is 1. The Bertz CT molecular complexity index is 794. The highest BCUT2D eigenvalue weighted by molar-refractivity contribution is 6.68. The second kappa shape index (κ2) is 8.32. The van der Waals surface area contributed by atoms with Gasteiger partial charge >= 0.3 is 20.2 Å². The van der Waals surface area contributed by atoms with Crippen LogP contribution in [0.1, 0.15) is 77.2 Å². The third-order valence-electron chi connectivity index (χ3n) is 7.56. The molecule has 2 aliphatic heterocycles. The van der Waals surface area contributed by atoms with Crippen molar-refractivity contribution in [2.75, 3.05) is 7.11 Å². The molecule has 2 saturated heterocycles. The lowest BCUT2D eigenvalue weighted by atomic mass is 9.46. The summed E-state index contributed by atoms with van der Waals surface area (Å²) in [7, 11) is 0.228. The largest absolute Gasteiger partial charge is 0.465 e. The molecule has 3 rings (SSSR count). The molecule has 1 atom stereocenters. The van der Waals surface area contributed by atoms with Crippen LogP contribution in [0.3, 0.4) is 0 Å². The molecule has 1 aromatic rings. The predicted octanol–water partition coefficient (Wildman–Crippen LogP) is 4.84. The summed E-state index contributed by atoms with van der Waals surface area (Å²) in [5.74, 6) is -0.578. The summed E-state index contributed by atoms with van der Waals surface area (Å²) in [6.07, 6.45) is 1.87. The number of methoxy groups -OCH3 is 1. The SMILES string of the molecule is C=C[C@H](c1ccc(C(=O)OC)cc1)C(B1OC(C)(C)C(C)(C)O1)B1OC(C)(C)C(C)(C)O1. The minimum absolute atomic E-state index is 0.203. The molecule has 0 saturated carbocycles. The van der Waals surface area contributed by atoms with Gasteiger partial charge in [0.2, 0.25) is 0 Å². The van der Waals surface area contributed by atoms with Crippen molar-refractivity contribution >= 4 is 20.2 Å². The van der Waals surface area contributed by atoms with Gasteiger partial charge in [0.05, 0.1) is 35.1 Å². The molecule has 0 bridgehead atoms. The second-order valence-electron chi connectivity index (χ2n) is 10.7. The maximum absolute atomic E-state index is 11.9. The van der Waals surface area contributed by atoms with Gasteiger partial charge < -0.3 is 23.4 Å². The summed E-state index contributed by atoms with van der Waals surface area (Å²) < 4.78 is 30.6. The number of esters is 1. The molecule has 174 valence electrons. The average Bonchev–Trinajstić information content (AvgIpc) is 3.04. The van der Waals surface area contributed by atoms with E-state index in [1.807, 2.05) is 73.6 Å². The molecule has 0 radical (unpaired) electrons. The first-order chi connectivity index (χ1) is 14.7. The molecule has 0 unspecified atom stereocenters. The van der Waals surface area contributed by atoms with Crippen molar-refractivity contribution in [3.8, 4) is 0 Å². The van der Waals surface area contributed by atoms with Gasteiger partial charge in [0.1, 0.15) is 0 Å². The highest BCUT2D eigenvalue weighted by atomic mass is 16.7. The van der Waals surface area contributed by atoms with Crippen molar-refractivity contribution in [2.24, 2.45) is 0 Å². The zero-order valence-electron chi connectivity index (χ0n) is 20.9. The smallest absolute Gasteiger partial charge is 0.459 e. The molecule has 0 N–H and O–H groups in total. The number of benzene rings is 1. The summed E-state index contributed by atoms with van der Waals surface area (Å²) in [5, 5.41) is 0. The molecule has 2 fully saturated rings. The Hall–Kier alpha value is -1.60. The molecule has 8 heteroatoms. The molecular formula is C24H36B2O6. The Labute approximate surface area is 193 Å². The molecule has 0 aromatic heterocycles. The molecule has 0 spiro atoms. The third-order valence-corrected chi connectivity index (χ3v) is 7.56.